The van der Waals surface area contributed by atoms with Gasteiger partial charge in [0.25, 0.3) is 0 Å². The van der Waals surface area contributed by atoms with Gasteiger partial charge in [0.15, 0.2) is 5.72 Å². The molecule has 0 aliphatic carbocycles. The van der Waals surface area contributed by atoms with Crippen LogP contribution in [0.1, 0.15) is 45.6 Å². The predicted molar refractivity (Wildman–Crippen MR) is 83.0 cm³/mol. The number of carbonyl (C=O) groups excluding carboxylic acids is 2. The summed E-state index contributed by atoms with van der Waals surface area (Å²) in [5.74, 6) is -0.443. The fourth-order valence-electron chi connectivity index (χ4n) is 3.55. The highest BCUT2D eigenvalue weighted by Crippen LogP contribution is 2.49. The molecule has 2 aliphatic heterocycles. The Morgan fingerprint density at radius 3 is 2.73 bits per heavy atom. The number of para-hydroxylation sites is 1. The van der Waals surface area contributed by atoms with Crippen LogP contribution in [0, 0.1) is 5.92 Å². The molecule has 1 fully saturated rings. The van der Waals surface area contributed by atoms with E-state index in [2.05, 4.69) is 6.92 Å². The minimum absolute atomic E-state index is 0.0105. The number of nitrogens with zero attached hydrogens (tertiary/aromatic N) is 2. The lowest BCUT2D eigenvalue weighted by Gasteiger charge is -2.50. The third kappa shape index (κ3) is 1.88. The second-order valence-corrected chi connectivity index (χ2v) is 6.32. The van der Waals surface area contributed by atoms with Gasteiger partial charge in [0.2, 0.25) is 5.91 Å². The van der Waals surface area contributed by atoms with Gasteiger partial charge in [-0.25, -0.2) is 5.01 Å². The second-order valence-electron chi connectivity index (χ2n) is 6.32. The highest BCUT2D eigenvalue weighted by molar-refractivity contribution is 5.96. The monoisotopic (exact) mass is 302 g/mol. The maximum absolute atomic E-state index is 12.8. The van der Waals surface area contributed by atoms with Crippen molar-refractivity contribution in [3.05, 3.63) is 29.8 Å². The van der Waals surface area contributed by atoms with Gasteiger partial charge < -0.3 is 4.74 Å². The molecule has 0 radical (unpaired) electrons. The molecular weight excluding hydrogens is 280 g/mol. The molecule has 118 valence electrons. The van der Waals surface area contributed by atoms with E-state index in [0.29, 0.717) is 6.42 Å². The lowest BCUT2D eigenvalue weighted by Crippen LogP contribution is -2.62. The highest BCUT2D eigenvalue weighted by atomic mass is 16.6. The minimum atomic E-state index is -0.768. The van der Waals surface area contributed by atoms with E-state index < -0.39 is 5.72 Å². The number of hydrogen-bond acceptors (Lipinski definition) is 4. The summed E-state index contributed by atoms with van der Waals surface area (Å²) in [4.78, 5) is 24.8. The van der Waals surface area contributed by atoms with E-state index in [4.69, 9.17) is 4.74 Å². The number of hydrogen-bond donors (Lipinski definition) is 0. The van der Waals surface area contributed by atoms with Gasteiger partial charge in [-0.1, -0.05) is 45.9 Å². The van der Waals surface area contributed by atoms with Gasteiger partial charge in [0.1, 0.15) is 6.54 Å². The summed E-state index contributed by atoms with van der Waals surface area (Å²) in [6, 6.07) is 7.84. The first-order valence-electron chi connectivity index (χ1n) is 7.84. The van der Waals surface area contributed by atoms with Crippen molar-refractivity contribution in [2.45, 2.75) is 45.8 Å². The largest absolute Gasteiger partial charge is 0.440 e. The Balaban J connectivity index is 2.21. The van der Waals surface area contributed by atoms with Gasteiger partial charge >= 0.3 is 5.97 Å². The van der Waals surface area contributed by atoms with E-state index >= 15 is 0 Å². The first-order chi connectivity index (χ1) is 10.4. The summed E-state index contributed by atoms with van der Waals surface area (Å²) < 4.78 is 5.72. The SMILES string of the molecule is CCC12OC(=O)CN1N(C(=O)C(C)C)c1ccccc1C2C. The molecule has 1 aromatic rings. The minimum Gasteiger partial charge on any atom is -0.440 e. The Morgan fingerprint density at radius 1 is 1.41 bits per heavy atom. The first-order valence-corrected chi connectivity index (χ1v) is 7.84. The van der Waals surface area contributed by atoms with Gasteiger partial charge in [0, 0.05) is 18.3 Å². The number of benzene rings is 1. The van der Waals surface area contributed by atoms with Crippen LogP contribution in [0.25, 0.3) is 0 Å². The summed E-state index contributed by atoms with van der Waals surface area (Å²) in [5, 5.41) is 3.49. The molecule has 0 saturated carbocycles. The lowest BCUT2D eigenvalue weighted by atomic mass is 9.84. The molecule has 22 heavy (non-hydrogen) atoms. The van der Waals surface area contributed by atoms with E-state index in [1.165, 1.54) is 0 Å². The van der Waals surface area contributed by atoms with Gasteiger partial charge in [0.05, 0.1) is 5.69 Å². The summed E-state index contributed by atoms with van der Waals surface area (Å²) >= 11 is 0. The van der Waals surface area contributed by atoms with Crippen LogP contribution in [0.4, 0.5) is 5.69 Å². The van der Waals surface area contributed by atoms with Gasteiger partial charge in [-0.2, -0.15) is 5.01 Å². The normalized spacial score (nSPS) is 27.6. The number of ether oxygens (including phenoxy) is 1. The zero-order valence-corrected chi connectivity index (χ0v) is 13.5. The van der Waals surface area contributed by atoms with Crippen molar-refractivity contribution in [3.8, 4) is 0 Å². The van der Waals surface area contributed by atoms with Crippen molar-refractivity contribution in [3.63, 3.8) is 0 Å². The molecule has 0 aromatic heterocycles. The summed E-state index contributed by atoms with van der Waals surface area (Å²) in [7, 11) is 0. The number of fused-ring (bicyclic) bond motifs is 2. The quantitative estimate of drug-likeness (QED) is 0.788. The van der Waals surface area contributed by atoms with Crippen molar-refractivity contribution >= 4 is 17.6 Å². The molecule has 2 aliphatic rings. The Bertz CT molecular complexity index is 628. The van der Waals surface area contributed by atoms with Crippen molar-refractivity contribution in [2.75, 3.05) is 11.6 Å². The zero-order valence-electron chi connectivity index (χ0n) is 13.5. The van der Waals surface area contributed by atoms with Crippen molar-refractivity contribution < 1.29 is 14.3 Å². The zero-order chi connectivity index (χ0) is 16.1. The number of amides is 1. The van der Waals surface area contributed by atoms with E-state index in [1.807, 2.05) is 50.0 Å². The maximum atomic E-state index is 12.8. The molecule has 2 heterocycles. The van der Waals surface area contributed by atoms with Crippen LogP contribution in [-0.4, -0.2) is 29.2 Å². The van der Waals surface area contributed by atoms with Crippen LogP contribution in [0.5, 0.6) is 0 Å². The molecule has 5 nitrogen and oxygen atoms in total. The molecule has 0 spiro atoms. The summed E-state index contributed by atoms with van der Waals surface area (Å²) in [6.07, 6.45) is 0.635. The average molecular weight is 302 g/mol. The second kappa shape index (κ2) is 5.09. The third-order valence-corrected chi connectivity index (χ3v) is 4.77. The molecule has 5 heteroatoms. The van der Waals surface area contributed by atoms with Crippen LogP contribution < -0.4 is 5.01 Å². The van der Waals surface area contributed by atoms with Gasteiger partial charge in [-0.05, 0) is 11.6 Å². The molecule has 1 amide bonds. The van der Waals surface area contributed by atoms with E-state index in [0.717, 1.165) is 11.3 Å². The molecule has 2 unspecified atom stereocenters. The number of hydrazine groups is 1. The number of rotatable bonds is 2. The molecule has 2 atom stereocenters. The van der Waals surface area contributed by atoms with E-state index in [1.54, 1.807) is 5.01 Å². The Labute approximate surface area is 130 Å². The molecular formula is C17H22N2O3. The Hall–Kier alpha value is -1.88. The molecule has 1 aromatic carbocycles. The predicted octanol–water partition coefficient (Wildman–Crippen LogP) is 2.67. The van der Waals surface area contributed by atoms with Gasteiger partial charge in [-0.3, -0.25) is 9.59 Å². The fraction of sp³-hybridized carbons (Fsp3) is 0.529. The first kappa shape index (κ1) is 15.0. The molecule has 0 N–H and O–H groups in total. The average Bonchev–Trinajstić information content (AvgIpc) is 2.85. The van der Waals surface area contributed by atoms with Crippen molar-refractivity contribution in [1.82, 2.24) is 5.01 Å². The topological polar surface area (TPSA) is 49.9 Å². The van der Waals surface area contributed by atoms with Crippen LogP contribution >= 0.6 is 0 Å². The molecule has 0 bridgehead atoms. The summed E-state index contributed by atoms with van der Waals surface area (Å²) in [6.45, 7) is 7.91. The van der Waals surface area contributed by atoms with Crippen LogP contribution in [-0.2, 0) is 14.3 Å². The maximum Gasteiger partial charge on any atom is 0.324 e. The fourth-order valence-corrected chi connectivity index (χ4v) is 3.55. The third-order valence-electron chi connectivity index (χ3n) is 4.77. The summed E-state index contributed by atoms with van der Waals surface area (Å²) in [5.41, 5.74) is 1.14. The van der Waals surface area contributed by atoms with Crippen LogP contribution in [0.2, 0.25) is 0 Å². The number of esters is 1. The van der Waals surface area contributed by atoms with Crippen molar-refractivity contribution in [2.24, 2.45) is 5.92 Å². The van der Waals surface area contributed by atoms with Crippen LogP contribution in [0.3, 0.4) is 0 Å². The molecule has 3 rings (SSSR count). The smallest absolute Gasteiger partial charge is 0.324 e. The number of anilines is 1. The van der Waals surface area contributed by atoms with E-state index in [9.17, 15) is 9.59 Å². The standard InChI is InChI=1S/C17H22N2O3/c1-5-17-12(4)13-8-6-7-9-14(13)19(16(21)11(2)3)18(17)10-15(20)22-17/h6-9,11-12H,5,10H2,1-4H3. The Kier molecular flexibility index (Phi) is 3.48. The van der Waals surface area contributed by atoms with Crippen LogP contribution in [0.15, 0.2) is 24.3 Å². The number of carbonyl (C=O) groups is 2. The highest BCUT2D eigenvalue weighted by Gasteiger charge is 2.57. The molecule has 1 saturated heterocycles. The van der Waals surface area contributed by atoms with Gasteiger partial charge in [-0.15, -0.1) is 0 Å². The lowest BCUT2D eigenvalue weighted by molar-refractivity contribution is -0.162. The Morgan fingerprint density at radius 2 is 2.09 bits per heavy atom. The van der Waals surface area contributed by atoms with Crippen molar-refractivity contribution in [1.29, 1.82) is 0 Å². The van der Waals surface area contributed by atoms with E-state index in [-0.39, 0.29) is 30.3 Å².